The molecule has 1 aliphatic heterocycles. The van der Waals surface area contributed by atoms with Crippen LogP contribution in [0.2, 0.25) is 0 Å². The van der Waals surface area contributed by atoms with Gasteiger partial charge in [-0.1, -0.05) is 26.0 Å². The molecule has 1 aliphatic rings. The van der Waals surface area contributed by atoms with Crippen LogP contribution in [0.1, 0.15) is 49.0 Å². The van der Waals surface area contributed by atoms with Gasteiger partial charge in [0.15, 0.2) is 5.78 Å². The Morgan fingerprint density at radius 3 is 2.73 bits per heavy atom. The number of hydrogen-bond acceptors (Lipinski definition) is 5. The van der Waals surface area contributed by atoms with E-state index < -0.39 is 17.7 Å². The monoisotopic (exact) mass is 304 g/mol. The van der Waals surface area contributed by atoms with E-state index in [0.717, 1.165) is 5.56 Å². The first-order valence-electron chi connectivity index (χ1n) is 7.48. The first kappa shape index (κ1) is 16.2. The molecule has 0 aliphatic carbocycles. The van der Waals surface area contributed by atoms with E-state index in [2.05, 4.69) is 0 Å². The fourth-order valence-electron chi connectivity index (χ4n) is 2.56. The summed E-state index contributed by atoms with van der Waals surface area (Å²) in [6, 6.07) is 5.32. The van der Waals surface area contributed by atoms with Gasteiger partial charge in [0.1, 0.15) is 5.75 Å². The maximum Gasteiger partial charge on any atom is 0.375 e. The fourth-order valence-corrected chi connectivity index (χ4v) is 2.56. The van der Waals surface area contributed by atoms with Crippen LogP contribution in [0.5, 0.6) is 5.75 Å². The summed E-state index contributed by atoms with van der Waals surface area (Å²) < 4.78 is 10.4. The highest BCUT2D eigenvalue weighted by Crippen LogP contribution is 2.34. The molecule has 0 aromatic heterocycles. The van der Waals surface area contributed by atoms with E-state index in [0.29, 0.717) is 11.3 Å². The van der Waals surface area contributed by atoms with Crippen molar-refractivity contribution in [1.29, 1.82) is 0 Å². The topological polar surface area (TPSA) is 69.7 Å². The molecule has 118 valence electrons. The molecule has 1 aromatic rings. The molecular formula is C17H20O5. The van der Waals surface area contributed by atoms with Crippen LogP contribution in [0.15, 0.2) is 18.2 Å². The molecule has 5 heteroatoms. The van der Waals surface area contributed by atoms with Gasteiger partial charge in [0.05, 0.1) is 24.7 Å². The van der Waals surface area contributed by atoms with Crippen molar-refractivity contribution in [2.75, 3.05) is 13.2 Å². The number of esters is 1. The molecule has 5 nitrogen and oxygen atoms in total. The Morgan fingerprint density at radius 2 is 2.09 bits per heavy atom. The lowest BCUT2D eigenvalue weighted by Crippen LogP contribution is -2.31. The van der Waals surface area contributed by atoms with E-state index in [9.17, 15) is 14.4 Å². The molecule has 0 saturated heterocycles. The Bertz CT molecular complexity index is 603. The van der Waals surface area contributed by atoms with Crippen molar-refractivity contribution in [2.24, 2.45) is 5.92 Å². The van der Waals surface area contributed by atoms with Crippen LogP contribution in [-0.2, 0) is 14.3 Å². The van der Waals surface area contributed by atoms with Crippen molar-refractivity contribution < 1.29 is 23.9 Å². The largest absolute Gasteiger partial charge is 0.492 e. The number of carbonyl (C=O) groups is 3. The smallest absolute Gasteiger partial charge is 0.375 e. The SMILES string of the molecule is CCOC(=O)C(=O)C1CCOc2c(cccc2C(C)C)C1=O. The van der Waals surface area contributed by atoms with Gasteiger partial charge < -0.3 is 9.47 Å². The maximum atomic E-state index is 12.7. The molecule has 0 N–H and O–H groups in total. The summed E-state index contributed by atoms with van der Waals surface area (Å²) in [6.45, 7) is 5.97. The molecule has 22 heavy (non-hydrogen) atoms. The third-order valence-corrected chi connectivity index (χ3v) is 3.70. The van der Waals surface area contributed by atoms with Crippen molar-refractivity contribution >= 4 is 17.5 Å². The number of ketones is 2. The number of hydrogen-bond donors (Lipinski definition) is 0. The molecular weight excluding hydrogens is 284 g/mol. The third kappa shape index (κ3) is 3.03. The van der Waals surface area contributed by atoms with Crippen molar-refractivity contribution in [3.05, 3.63) is 29.3 Å². The van der Waals surface area contributed by atoms with E-state index in [1.54, 1.807) is 19.1 Å². The number of rotatable bonds is 4. The Kier molecular flexibility index (Phi) is 4.96. The number of carbonyl (C=O) groups excluding carboxylic acids is 3. The van der Waals surface area contributed by atoms with E-state index in [-0.39, 0.29) is 31.3 Å². The lowest BCUT2D eigenvalue weighted by atomic mass is 9.89. The first-order valence-corrected chi connectivity index (χ1v) is 7.48. The zero-order valence-corrected chi connectivity index (χ0v) is 13.0. The summed E-state index contributed by atoms with van der Waals surface area (Å²) in [5.41, 5.74) is 1.29. The molecule has 0 radical (unpaired) electrons. The maximum absolute atomic E-state index is 12.7. The van der Waals surface area contributed by atoms with Crippen LogP contribution >= 0.6 is 0 Å². The predicted octanol–water partition coefficient (Wildman–Crippen LogP) is 2.52. The first-order chi connectivity index (χ1) is 10.5. The summed E-state index contributed by atoms with van der Waals surface area (Å²) in [5.74, 6) is -2.42. The van der Waals surface area contributed by atoms with Crippen molar-refractivity contribution in [3.8, 4) is 5.75 Å². The van der Waals surface area contributed by atoms with Gasteiger partial charge in [0.25, 0.3) is 5.78 Å². The van der Waals surface area contributed by atoms with E-state index in [1.807, 2.05) is 19.9 Å². The van der Waals surface area contributed by atoms with Crippen LogP contribution in [0, 0.1) is 5.92 Å². The minimum absolute atomic E-state index is 0.107. The second kappa shape index (κ2) is 6.73. The van der Waals surface area contributed by atoms with Gasteiger partial charge in [0, 0.05) is 0 Å². The van der Waals surface area contributed by atoms with Crippen LogP contribution < -0.4 is 4.74 Å². The Balaban J connectivity index is 2.37. The van der Waals surface area contributed by atoms with E-state index in [1.165, 1.54) is 0 Å². The molecule has 0 saturated carbocycles. The minimum Gasteiger partial charge on any atom is -0.492 e. The Hall–Kier alpha value is -2.17. The van der Waals surface area contributed by atoms with Gasteiger partial charge in [-0.05, 0) is 30.9 Å². The lowest BCUT2D eigenvalue weighted by molar-refractivity contribution is -0.154. The standard InChI is InChI=1S/C17H20O5/c1-4-21-17(20)15(19)12-8-9-22-16-11(10(2)3)6-5-7-13(16)14(12)18/h5-7,10,12H,4,8-9H2,1-3H3. The predicted molar refractivity (Wildman–Crippen MR) is 80.1 cm³/mol. The van der Waals surface area contributed by atoms with Crippen molar-refractivity contribution in [1.82, 2.24) is 0 Å². The van der Waals surface area contributed by atoms with Gasteiger partial charge in [0.2, 0.25) is 0 Å². The van der Waals surface area contributed by atoms with Crippen LogP contribution in [0.4, 0.5) is 0 Å². The summed E-state index contributed by atoms with van der Waals surface area (Å²) in [7, 11) is 0. The molecule has 1 unspecified atom stereocenters. The third-order valence-electron chi connectivity index (χ3n) is 3.70. The van der Waals surface area contributed by atoms with Gasteiger partial charge >= 0.3 is 5.97 Å². The Labute approximate surface area is 129 Å². The average molecular weight is 304 g/mol. The van der Waals surface area contributed by atoms with E-state index >= 15 is 0 Å². The van der Waals surface area contributed by atoms with E-state index in [4.69, 9.17) is 9.47 Å². The summed E-state index contributed by atoms with van der Waals surface area (Å²) in [4.78, 5) is 36.4. The quantitative estimate of drug-likeness (QED) is 0.485. The number of benzene rings is 1. The van der Waals surface area contributed by atoms with Crippen LogP contribution in [0.25, 0.3) is 0 Å². The molecule has 0 fully saturated rings. The van der Waals surface area contributed by atoms with Crippen LogP contribution in [0.3, 0.4) is 0 Å². The number of Topliss-reactive ketones (excluding diaryl/α,β-unsaturated/α-hetero) is 2. The molecule has 0 bridgehead atoms. The summed E-state index contributed by atoms with van der Waals surface area (Å²) in [5, 5.41) is 0. The Morgan fingerprint density at radius 1 is 1.36 bits per heavy atom. The lowest BCUT2D eigenvalue weighted by Gasteiger charge is -2.14. The molecule has 1 aromatic carbocycles. The highest BCUT2D eigenvalue weighted by molar-refractivity contribution is 6.39. The fraction of sp³-hybridized carbons (Fsp3) is 0.471. The highest BCUT2D eigenvalue weighted by Gasteiger charge is 2.36. The van der Waals surface area contributed by atoms with Crippen molar-refractivity contribution in [3.63, 3.8) is 0 Å². The second-order valence-electron chi connectivity index (χ2n) is 5.52. The second-order valence-corrected chi connectivity index (χ2v) is 5.52. The summed E-state index contributed by atoms with van der Waals surface area (Å²) in [6.07, 6.45) is 0.183. The van der Waals surface area contributed by atoms with Gasteiger partial charge in [-0.2, -0.15) is 0 Å². The van der Waals surface area contributed by atoms with Gasteiger partial charge in [-0.3, -0.25) is 9.59 Å². The molecule has 2 rings (SSSR count). The average Bonchev–Trinajstić information content (AvgIpc) is 2.66. The normalized spacial score (nSPS) is 17.5. The molecule has 0 amide bonds. The minimum atomic E-state index is -1.03. The van der Waals surface area contributed by atoms with Crippen molar-refractivity contribution in [2.45, 2.75) is 33.1 Å². The number of ether oxygens (including phenoxy) is 2. The number of para-hydroxylation sites is 1. The number of fused-ring (bicyclic) bond motifs is 1. The zero-order chi connectivity index (χ0) is 16.3. The zero-order valence-electron chi connectivity index (χ0n) is 13.0. The highest BCUT2D eigenvalue weighted by atomic mass is 16.5. The molecule has 1 atom stereocenters. The van der Waals surface area contributed by atoms with Gasteiger partial charge in [-0.15, -0.1) is 0 Å². The van der Waals surface area contributed by atoms with Crippen LogP contribution in [-0.4, -0.2) is 30.7 Å². The summed E-state index contributed by atoms with van der Waals surface area (Å²) >= 11 is 0. The molecule has 1 heterocycles. The van der Waals surface area contributed by atoms with Gasteiger partial charge in [-0.25, -0.2) is 4.79 Å². The molecule has 0 spiro atoms.